The van der Waals surface area contributed by atoms with Gasteiger partial charge in [-0.3, -0.25) is 4.79 Å². The standard InChI is InChI=1S/C10H16N2O2S/c1-4-8(6-14-3)12-10(13)9-5-11-7(2)15-9/h5,8H,4,6H2,1-3H3,(H,12,13). The van der Waals surface area contributed by atoms with Crippen LogP contribution in [0.25, 0.3) is 0 Å². The predicted octanol–water partition coefficient (Wildman–Crippen LogP) is 1.61. The summed E-state index contributed by atoms with van der Waals surface area (Å²) in [5, 5.41) is 3.81. The van der Waals surface area contributed by atoms with Gasteiger partial charge < -0.3 is 10.1 Å². The van der Waals surface area contributed by atoms with Crippen LogP contribution in [0.15, 0.2) is 6.20 Å². The van der Waals surface area contributed by atoms with Gasteiger partial charge in [-0.2, -0.15) is 0 Å². The zero-order valence-electron chi connectivity index (χ0n) is 9.24. The zero-order chi connectivity index (χ0) is 11.3. The van der Waals surface area contributed by atoms with Crippen LogP contribution in [0.3, 0.4) is 0 Å². The molecule has 84 valence electrons. The number of aromatic nitrogens is 1. The number of carbonyl (C=O) groups is 1. The summed E-state index contributed by atoms with van der Waals surface area (Å²) in [6.07, 6.45) is 2.46. The molecule has 1 heterocycles. The molecule has 0 saturated carbocycles. The van der Waals surface area contributed by atoms with Crippen LogP contribution in [-0.4, -0.2) is 30.6 Å². The van der Waals surface area contributed by atoms with E-state index in [1.54, 1.807) is 13.3 Å². The summed E-state index contributed by atoms with van der Waals surface area (Å²) < 4.78 is 5.01. The van der Waals surface area contributed by atoms with Crippen molar-refractivity contribution in [3.05, 3.63) is 16.1 Å². The highest BCUT2D eigenvalue weighted by atomic mass is 32.1. The van der Waals surface area contributed by atoms with E-state index in [-0.39, 0.29) is 11.9 Å². The van der Waals surface area contributed by atoms with Crippen molar-refractivity contribution in [2.45, 2.75) is 26.3 Å². The Bertz CT molecular complexity index is 325. The molecule has 0 radical (unpaired) electrons. The number of nitrogens with one attached hydrogen (secondary N) is 1. The molecule has 1 aromatic heterocycles. The van der Waals surface area contributed by atoms with E-state index in [0.29, 0.717) is 11.5 Å². The van der Waals surface area contributed by atoms with Gasteiger partial charge in [0.15, 0.2) is 0 Å². The lowest BCUT2D eigenvalue weighted by Gasteiger charge is -2.14. The molecule has 1 aromatic rings. The number of hydrogen-bond donors (Lipinski definition) is 1. The maximum Gasteiger partial charge on any atom is 0.263 e. The molecule has 4 nitrogen and oxygen atoms in total. The van der Waals surface area contributed by atoms with Crippen LogP contribution in [0.1, 0.15) is 28.0 Å². The van der Waals surface area contributed by atoms with Crippen LogP contribution in [0, 0.1) is 6.92 Å². The normalized spacial score (nSPS) is 12.5. The first-order valence-corrected chi connectivity index (χ1v) is 5.71. The molecule has 0 aliphatic carbocycles. The van der Waals surface area contributed by atoms with Crippen LogP contribution >= 0.6 is 11.3 Å². The Morgan fingerprint density at radius 1 is 1.73 bits per heavy atom. The van der Waals surface area contributed by atoms with Crippen molar-refractivity contribution in [2.24, 2.45) is 0 Å². The van der Waals surface area contributed by atoms with E-state index in [4.69, 9.17) is 4.74 Å². The quantitative estimate of drug-likeness (QED) is 0.833. The molecule has 1 N–H and O–H groups in total. The summed E-state index contributed by atoms with van der Waals surface area (Å²) in [6, 6.07) is 0.0740. The monoisotopic (exact) mass is 228 g/mol. The van der Waals surface area contributed by atoms with E-state index in [0.717, 1.165) is 11.4 Å². The third-order valence-electron chi connectivity index (χ3n) is 2.04. The number of hydrogen-bond acceptors (Lipinski definition) is 4. The van der Waals surface area contributed by atoms with Crippen LogP contribution in [0.5, 0.6) is 0 Å². The molecule has 0 aliphatic heterocycles. The summed E-state index contributed by atoms with van der Waals surface area (Å²) in [5.74, 6) is -0.0653. The summed E-state index contributed by atoms with van der Waals surface area (Å²) in [5.41, 5.74) is 0. The summed E-state index contributed by atoms with van der Waals surface area (Å²) in [6.45, 7) is 4.44. The number of amides is 1. The van der Waals surface area contributed by atoms with Crippen LogP contribution < -0.4 is 5.32 Å². The van der Waals surface area contributed by atoms with Crippen molar-refractivity contribution in [3.8, 4) is 0 Å². The van der Waals surface area contributed by atoms with Gasteiger partial charge in [0.05, 0.1) is 23.9 Å². The van der Waals surface area contributed by atoms with Gasteiger partial charge in [-0.05, 0) is 13.3 Å². The molecule has 0 spiro atoms. The first-order chi connectivity index (χ1) is 7.17. The average molecular weight is 228 g/mol. The van der Waals surface area contributed by atoms with Crippen LogP contribution in [0.4, 0.5) is 0 Å². The van der Waals surface area contributed by atoms with Gasteiger partial charge in [0.2, 0.25) is 0 Å². The fraction of sp³-hybridized carbons (Fsp3) is 0.600. The zero-order valence-corrected chi connectivity index (χ0v) is 10.1. The van der Waals surface area contributed by atoms with Crippen molar-refractivity contribution >= 4 is 17.2 Å². The van der Waals surface area contributed by atoms with E-state index >= 15 is 0 Å². The summed E-state index contributed by atoms with van der Waals surface area (Å²) >= 11 is 1.40. The van der Waals surface area contributed by atoms with E-state index in [1.165, 1.54) is 11.3 Å². The molecule has 1 atom stereocenters. The molecule has 0 aromatic carbocycles. The highest BCUT2D eigenvalue weighted by molar-refractivity contribution is 7.13. The molecule has 0 aliphatic rings. The fourth-order valence-corrected chi connectivity index (χ4v) is 1.87. The number of nitrogens with zero attached hydrogens (tertiary/aromatic N) is 1. The van der Waals surface area contributed by atoms with Crippen molar-refractivity contribution in [2.75, 3.05) is 13.7 Å². The minimum absolute atomic E-state index is 0.0653. The lowest BCUT2D eigenvalue weighted by Crippen LogP contribution is -2.37. The first-order valence-electron chi connectivity index (χ1n) is 4.89. The van der Waals surface area contributed by atoms with E-state index in [9.17, 15) is 4.79 Å². The average Bonchev–Trinajstić information content (AvgIpc) is 2.64. The number of thiazole rings is 1. The lowest BCUT2D eigenvalue weighted by molar-refractivity contribution is 0.0898. The number of ether oxygens (including phenoxy) is 1. The molecule has 5 heteroatoms. The van der Waals surface area contributed by atoms with Gasteiger partial charge in [0.25, 0.3) is 5.91 Å². The number of rotatable bonds is 5. The first kappa shape index (κ1) is 12.1. The van der Waals surface area contributed by atoms with Crippen LogP contribution in [-0.2, 0) is 4.74 Å². The second-order valence-electron chi connectivity index (χ2n) is 3.28. The third-order valence-corrected chi connectivity index (χ3v) is 2.95. The molecule has 0 saturated heterocycles. The van der Waals surface area contributed by atoms with E-state index < -0.39 is 0 Å². The number of aryl methyl sites for hydroxylation is 1. The van der Waals surface area contributed by atoms with E-state index in [2.05, 4.69) is 10.3 Å². The van der Waals surface area contributed by atoms with Crippen molar-refractivity contribution < 1.29 is 9.53 Å². The van der Waals surface area contributed by atoms with Gasteiger partial charge in [0, 0.05) is 7.11 Å². The van der Waals surface area contributed by atoms with Gasteiger partial charge in [0.1, 0.15) is 4.88 Å². The largest absolute Gasteiger partial charge is 0.383 e. The molecule has 1 unspecified atom stereocenters. The molecule has 0 fully saturated rings. The van der Waals surface area contributed by atoms with Crippen LogP contribution in [0.2, 0.25) is 0 Å². The Labute approximate surface area is 93.7 Å². The maximum absolute atomic E-state index is 11.7. The Kier molecular flexibility index (Phi) is 4.71. The minimum atomic E-state index is -0.0653. The molecule has 15 heavy (non-hydrogen) atoms. The molecule has 1 amide bonds. The fourth-order valence-electron chi connectivity index (χ4n) is 1.19. The van der Waals surface area contributed by atoms with Gasteiger partial charge in [-0.15, -0.1) is 11.3 Å². The highest BCUT2D eigenvalue weighted by Gasteiger charge is 2.13. The Hall–Kier alpha value is -0.940. The maximum atomic E-state index is 11.7. The second kappa shape index (κ2) is 5.82. The van der Waals surface area contributed by atoms with Crippen molar-refractivity contribution in [3.63, 3.8) is 0 Å². The number of methoxy groups -OCH3 is 1. The smallest absolute Gasteiger partial charge is 0.263 e. The second-order valence-corrected chi connectivity index (χ2v) is 4.51. The predicted molar refractivity (Wildman–Crippen MR) is 60.3 cm³/mol. The Morgan fingerprint density at radius 2 is 2.47 bits per heavy atom. The molecular formula is C10H16N2O2S. The topological polar surface area (TPSA) is 51.2 Å². The van der Waals surface area contributed by atoms with Crippen molar-refractivity contribution in [1.82, 2.24) is 10.3 Å². The van der Waals surface area contributed by atoms with Crippen molar-refractivity contribution in [1.29, 1.82) is 0 Å². The Balaban J connectivity index is 2.54. The molecular weight excluding hydrogens is 212 g/mol. The molecule has 0 bridgehead atoms. The van der Waals surface area contributed by atoms with E-state index in [1.807, 2.05) is 13.8 Å². The van der Waals surface area contributed by atoms with Gasteiger partial charge >= 0.3 is 0 Å². The summed E-state index contributed by atoms with van der Waals surface area (Å²) in [7, 11) is 1.63. The van der Waals surface area contributed by atoms with Gasteiger partial charge in [-0.25, -0.2) is 4.98 Å². The lowest BCUT2D eigenvalue weighted by atomic mass is 10.2. The highest BCUT2D eigenvalue weighted by Crippen LogP contribution is 2.11. The molecule has 1 rings (SSSR count). The number of carbonyl (C=O) groups excluding carboxylic acids is 1. The minimum Gasteiger partial charge on any atom is -0.383 e. The van der Waals surface area contributed by atoms with Gasteiger partial charge in [-0.1, -0.05) is 6.92 Å². The Morgan fingerprint density at radius 3 is 2.93 bits per heavy atom. The summed E-state index contributed by atoms with van der Waals surface area (Å²) in [4.78, 5) is 16.4. The third kappa shape index (κ3) is 3.60. The SMILES string of the molecule is CCC(COC)NC(=O)c1cnc(C)s1.